The molecule has 0 radical (unpaired) electrons. The fourth-order valence-electron chi connectivity index (χ4n) is 0.944. The van der Waals surface area contributed by atoms with Crippen molar-refractivity contribution in [3.8, 4) is 0 Å². The second kappa shape index (κ2) is 4.40. The molecule has 6 nitrogen and oxygen atoms in total. The van der Waals surface area contributed by atoms with Crippen LogP contribution in [0.5, 0.6) is 0 Å². The Labute approximate surface area is 81.7 Å². The maximum absolute atomic E-state index is 10.5. The zero-order valence-corrected chi connectivity index (χ0v) is 7.95. The van der Waals surface area contributed by atoms with Gasteiger partial charge in [-0.25, -0.2) is 9.97 Å². The van der Waals surface area contributed by atoms with Gasteiger partial charge in [0.05, 0.1) is 6.54 Å². The minimum Gasteiger partial charge on any atom is -0.384 e. The molecule has 0 unspecified atom stereocenters. The van der Waals surface area contributed by atoms with Gasteiger partial charge in [-0.15, -0.1) is 0 Å². The first-order valence-corrected chi connectivity index (χ1v) is 4.27. The predicted molar refractivity (Wildman–Crippen MR) is 53.5 cm³/mol. The molecule has 0 spiro atoms. The van der Waals surface area contributed by atoms with Gasteiger partial charge in [-0.3, -0.25) is 4.79 Å². The van der Waals surface area contributed by atoms with Crippen LogP contribution < -0.4 is 16.8 Å². The van der Waals surface area contributed by atoms with Crippen molar-refractivity contribution < 1.29 is 4.79 Å². The number of primary amides is 1. The summed E-state index contributed by atoms with van der Waals surface area (Å²) in [5.74, 6) is 1.09. The summed E-state index contributed by atoms with van der Waals surface area (Å²) in [5.41, 5.74) is 10.5. The van der Waals surface area contributed by atoms with Crippen molar-refractivity contribution in [1.82, 2.24) is 9.97 Å². The predicted octanol–water partition coefficient (Wildman–Crippen LogP) is -0.482. The van der Waals surface area contributed by atoms with Gasteiger partial charge < -0.3 is 16.8 Å². The van der Waals surface area contributed by atoms with Crippen LogP contribution in [0.15, 0.2) is 6.07 Å². The molecule has 0 aliphatic rings. The molecule has 0 aliphatic carbocycles. The lowest BCUT2D eigenvalue weighted by Gasteiger charge is -2.05. The molecule has 1 rings (SSSR count). The number of hydrogen-bond acceptors (Lipinski definition) is 5. The van der Waals surface area contributed by atoms with Crippen LogP contribution in [0.2, 0.25) is 0 Å². The Morgan fingerprint density at radius 3 is 2.86 bits per heavy atom. The van der Waals surface area contributed by atoms with Gasteiger partial charge in [0.25, 0.3) is 0 Å². The zero-order valence-electron chi connectivity index (χ0n) is 7.95. The van der Waals surface area contributed by atoms with E-state index in [-0.39, 0.29) is 6.54 Å². The molecule has 0 bridgehead atoms. The SMILES string of the molecule is CCc1nc(N)cc(NCC(N)=O)n1. The number of nitrogens with two attached hydrogens (primary N) is 2. The fourth-order valence-corrected chi connectivity index (χ4v) is 0.944. The van der Waals surface area contributed by atoms with Crippen LogP contribution in [0.3, 0.4) is 0 Å². The molecule has 5 N–H and O–H groups in total. The summed E-state index contributed by atoms with van der Waals surface area (Å²) in [6.07, 6.45) is 0.691. The molecule has 1 aromatic heterocycles. The van der Waals surface area contributed by atoms with Gasteiger partial charge in [0.2, 0.25) is 5.91 Å². The second-order valence-corrected chi connectivity index (χ2v) is 2.77. The summed E-state index contributed by atoms with van der Waals surface area (Å²) in [4.78, 5) is 18.6. The molecule has 0 aromatic carbocycles. The standard InChI is InChI=1S/C8H13N5O/c1-2-7-12-5(9)3-8(13-7)11-4-6(10)14/h3H,2,4H2,1H3,(H2,10,14)(H3,9,11,12,13). The van der Waals surface area contributed by atoms with Crippen LogP contribution in [0.4, 0.5) is 11.6 Å². The van der Waals surface area contributed by atoms with Gasteiger partial charge in [-0.2, -0.15) is 0 Å². The van der Waals surface area contributed by atoms with Gasteiger partial charge in [0.15, 0.2) is 0 Å². The molecule has 76 valence electrons. The van der Waals surface area contributed by atoms with Crippen molar-refractivity contribution in [2.45, 2.75) is 13.3 Å². The first kappa shape index (κ1) is 10.2. The number of carbonyl (C=O) groups is 1. The Kier molecular flexibility index (Phi) is 3.22. The number of nitrogen functional groups attached to an aromatic ring is 1. The lowest BCUT2D eigenvalue weighted by Crippen LogP contribution is -2.22. The highest BCUT2D eigenvalue weighted by atomic mass is 16.1. The minimum absolute atomic E-state index is 0.0413. The Morgan fingerprint density at radius 1 is 1.57 bits per heavy atom. The Hall–Kier alpha value is -1.85. The van der Waals surface area contributed by atoms with Crippen LogP contribution in [0.1, 0.15) is 12.7 Å². The number of nitrogens with one attached hydrogen (secondary N) is 1. The number of nitrogens with zero attached hydrogens (tertiary/aromatic N) is 2. The quantitative estimate of drug-likeness (QED) is 0.601. The third-order valence-electron chi connectivity index (χ3n) is 1.55. The van der Waals surface area contributed by atoms with Gasteiger partial charge in [-0.1, -0.05) is 6.92 Å². The highest BCUT2D eigenvalue weighted by Gasteiger charge is 2.01. The van der Waals surface area contributed by atoms with Gasteiger partial charge in [-0.05, 0) is 0 Å². The number of hydrogen-bond donors (Lipinski definition) is 3. The van der Waals surface area contributed by atoms with Crippen molar-refractivity contribution in [1.29, 1.82) is 0 Å². The summed E-state index contributed by atoms with van der Waals surface area (Å²) < 4.78 is 0. The van der Waals surface area contributed by atoms with Crippen LogP contribution >= 0.6 is 0 Å². The molecule has 6 heteroatoms. The van der Waals surface area contributed by atoms with E-state index in [0.29, 0.717) is 23.9 Å². The first-order chi connectivity index (χ1) is 6.61. The molecule has 14 heavy (non-hydrogen) atoms. The van der Waals surface area contributed by atoms with E-state index in [2.05, 4.69) is 15.3 Å². The molecular formula is C8H13N5O. The first-order valence-electron chi connectivity index (χ1n) is 4.27. The van der Waals surface area contributed by atoms with Crippen LogP contribution in [0.25, 0.3) is 0 Å². The van der Waals surface area contributed by atoms with Crippen molar-refractivity contribution in [2.24, 2.45) is 5.73 Å². The molecule has 0 saturated carbocycles. The third-order valence-corrected chi connectivity index (χ3v) is 1.55. The van der Waals surface area contributed by atoms with E-state index in [4.69, 9.17) is 11.5 Å². The van der Waals surface area contributed by atoms with E-state index in [0.717, 1.165) is 0 Å². The highest BCUT2D eigenvalue weighted by Crippen LogP contribution is 2.07. The average molecular weight is 195 g/mol. The largest absolute Gasteiger partial charge is 0.384 e. The van der Waals surface area contributed by atoms with E-state index in [1.54, 1.807) is 6.07 Å². The topological polar surface area (TPSA) is 107 Å². The summed E-state index contributed by atoms with van der Waals surface area (Å²) in [5, 5.41) is 2.75. The van der Waals surface area contributed by atoms with E-state index in [1.807, 2.05) is 6.92 Å². The maximum atomic E-state index is 10.5. The molecule has 0 fully saturated rings. The normalized spacial score (nSPS) is 9.79. The third kappa shape index (κ3) is 2.89. The Balaban J connectivity index is 2.76. The molecule has 1 amide bonds. The van der Waals surface area contributed by atoms with Gasteiger partial charge in [0.1, 0.15) is 17.5 Å². The summed E-state index contributed by atoms with van der Waals surface area (Å²) >= 11 is 0. The van der Waals surface area contributed by atoms with E-state index >= 15 is 0 Å². The number of rotatable bonds is 4. The number of anilines is 2. The van der Waals surface area contributed by atoms with Crippen molar-refractivity contribution in [2.75, 3.05) is 17.6 Å². The zero-order chi connectivity index (χ0) is 10.6. The Morgan fingerprint density at radius 2 is 2.29 bits per heavy atom. The van der Waals surface area contributed by atoms with Gasteiger partial charge >= 0.3 is 0 Å². The maximum Gasteiger partial charge on any atom is 0.236 e. The van der Waals surface area contributed by atoms with Crippen molar-refractivity contribution in [3.63, 3.8) is 0 Å². The molecule has 1 aromatic rings. The molecule has 0 aliphatic heterocycles. The van der Waals surface area contributed by atoms with Crippen LogP contribution in [0, 0.1) is 0 Å². The van der Waals surface area contributed by atoms with Gasteiger partial charge in [0, 0.05) is 12.5 Å². The summed E-state index contributed by atoms with van der Waals surface area (Å²) in [6.45, 7) is 1.96. The number of aromatic nitrogens is 2. The molecular weight excluding hydrogens is 182 g/mol. The molecule has 0 atom stereocenters. The van der Waals surface area contributed by atoms with Crippen LogP contribution in [-0.2, 0) is 11.2 Å². The smallest absolute Gasteiger partial charge is 0.236 e. The molecule has 1 heterocycles. The Bertz CT molecular complexity index is 339. The van der Waals surface area contributed by atoms with Crippen molar-refractivity contribution in [3.05, 3.63) is 11.9 Å². The lowest BCUT2D eigenvalue weighted by atomic mass is 10.4. The highest BCUT2D eigenvalue weighted by molar-refractivity contribution is 5.78. The van der Waals surface area contributed by atoms with Crippen LogP contribution in [-0.4, -0.2) is 22.4 Å². The minimum atomic E-state index is -0.444. The fraction of sp³-hybridized carbons (Fsp3) is 0.375. The number of amides is 1. The average Bonchev–Trinajstić information content (AvgIpc) is 2.14. The van der Waals surface area contributed by atoms with E-state index in [1.165, 1.54) is 0 Å². The number of carbonyl (C=O) groups excluding carboxylic acids is 1. The van der Waals surface area contributed by atoms with E-state index < -0.39 is 5.91 Å². The lowest BCUT2D eigenvalue weighted by molar-refractivity contribution is -0.116. The molecule has 0 saturated heterocycles. The van der Waals surface area contributed by atoms with E-state index in [9.17, 15) is 4.79 Å². The number of aryl methyl sites for hydroxylation is 1. The van der Waals surface area contributed by atoms with Crippen molar-refractivity contribution >= 4 is 17.5 Å². The monoisotopic (exact) mass is 195 g/mol. The summed E-state index contributed by atoms with van der Waals surface area (Å²) in [6, 6.07) is 1.56. The second-order valence-electron chi connectivity index (χ2n) is 2.77. The summed E-state index contributed by atoms with van der Waals surface area (Å²) in [7, 11) is 0.